The van der Waals surface area contributed by atoms with Crippen LogP contribution in [-0.2, 0) is 6.54 Å². The summed E-state index contributed by atoms with van der Waals surface area (Å²) in [6.45, 7) is 0.226. The van der Waals surface area contributed by atoms with E-state index in [9.17, 15) is 4.79 Å². The van der Waals surface area contributed by atoms with Crippen LogP contribution >= 0.6 is 0 Å². The SMILES string of the molecule is COc1cc(C(=O)C[n+]2ccc3ccccc3c2)cc(OC)c1OC. The first kappa shape index (κ1) is 16.8. The van der Waals surface area contributed by atoms with Crippen molar-refractivity contribution in [3.8, 4) is 17.2 Å². The second-order valence-electron chi connectivity index (χ2n) is 5.58. The maximum atomic E-state index is 12.7. The molecule has 0 atom stereocenters. The van der Waals surface area contributed by atoms with Crippen LogP contribution in [0.25, 0.3) is 10.8 Å². The molecule has 5 nitrogen and oxygen atoms in total. The van der Waals surface area contributed by atoms with Gasteiger partial charge in [-0.2, -0.15) is 4.57 Å². The first-order valence-corrected chi connectivity index (χ1v) is 7.87. The van der Waals surface area contributed by atoms with Gasteiger partial charge in [0.25, 0.3) is 0 Å². The van der Waals surface area contributed by atoms with E-state index in [1.165, 1.54) is 21.3 Å². The highest BCUT2D eigenvalue weighted by atomic mass is 16.5. The van der Waals surface area contributed by atoms with Gasteiger partial charge in [0.15, 0.2) is 23.9 Å². The van der Waals surface area contributed by atoms with Crippen molar-refractivity contribution in [3.05, 3.63) is 60.4 Å². The summed E-state index contributed by atoms with van der Waals surface area (Å²) in [5.74, 6) is 1.36. The third kappa shape index (κ3) is 3.40. The maximum Gasteiger partial charge on any atom is 0.227 e. The molecule has 3 rings (SSSR count). The number of pyridine rings is 1. The Morgan fingerprint density at radius 1 is 0.920 bits per heavy atom. The van der Waals surface area contributed by atoms with Gasteiger partial charge in [-0.1, -0.05) is 18.2 Å². The van der Waals surface area contributed by atoms with Gasteiger partial charge >= 0.3 is 0 Å². The summed E-state index contributed by atoms with van der Waals surface area (Å²) < 4.78 is 17.8. The lowest BCUT2D eigenvalue weighted by atomic mass is 10.1. The molecule has 0 N–H and O–H groups in total. The fourth-order valence-corrected chi connectivity index (χ4v) is 2.78. The van der Waals surface area contributed by atoms with Gasteiger partial charge in [0.05, 0.1) is 21.3 Å². The third-order valence-electron chi connectivity index (χ3n) is 4.06. The molecule has 0 radical (unpaired) electrons. The number of hydrogen-bond acceptors (Lipinski definition) is 4. The van der Waals surface area contributed by atoms with Crippen LogP contribution in [0.15, 0.2) is 54.9 Å². The van der Waals surface area contributed by atoms with E-state index >= 15 is 0 Å². The molecule has 0 aliphatic heterocycles. The minimum Gasteiger partial charge on any atom is -0.493 e. The van der Waals surface area contributed by atoms with Crippen LogP contribution < -0.4 is 18.8 Å². The number of benzene rings is 2. The molecule has 2 aromatic carbocycles. The zero-order valence-electron chi connectivity index (χ0n) is 14.5. The lowest BCUT2D eigenvalue weighted by Crippen LogP contribution is -2.37. The summed E-state index contributed by atoms with van der Waals surface area (Å²) in [6, 6.07) is 13.4. The van der Waals surface area contributed by atoms with Crippen LogP contribution in [0.2, 0.25) is 0 Å². The minimum atomic E-state index is -0.0421. The lowest BCUT2D eigenvalue weighted by molar-refractivity contribution is -0.681. The number of ketones is 1. The zero-order valence-corrected chi connectivity index (χ0v) is 14.5. The lowest BCUT2D eigenvalue weighted by Gasteiger charge is -2.13. The number of aromatic nitrogens is 1. The Kier molecular flexibility index (Phi) is 4.84. The Bertz CT molecular complexity index is 895. The van der Waals surface area contributed by atoms with Crippen molar-refractivity contribution >= 4 is 16.6 Å². The largest absolute Gasteiger partial charge is 0.493 e. The molecule has 0 saturated carbocycles. The number of hydrogen-bond donors (Lipinski definition) is 0. The van der Waals surface area contributed by atoms with Crippen LogP contribution in [0, 0.1) is 0 Å². The van der Waals surface area contributed by atoms with Crippen LogP contribution in [0.3, 0.4) is 0 Å². The summed E-state index contributed by atoms with van der Waals surface area (Å²) in [6.07, 6.45) is 3.86. The number of methoxy groups -OCH3 is 3. The number of carbonyl (C=O) groups excluding carboxylic acids is 1. The van der Waals surface area contributed by atoms with Crippen molar-refractivity contribution in [1.29, 1.82) is 0 Å². The first-order valence-electron chi connectivity index (χ1n) is 7.87. The molecular weight excluding hydrogens is 318 g/mol. The topological polar surface area (TPSA) is 48.6 Å². The van der Waals surface area contributed by atoms with Gasteiger partial charge in [0, 0.05) is 17.0 Å². The van der Waals surface area contributed by atoms with Crippen molar-refractivity contribution in [2.75, 3.05) is 21.3 Å². The summed E-state index contributed by atoms with van der Waals surface area (Å²) in [5.41, 5.74) is 0.509. The Morgan fingerprint density at radius 2 is 1.56 bits per heavy atom. The van der Waals surface area contributed by atoms with Crippen LogP contribution in [0.1, 0.15) is 10.4 Å². The van der Waals surface area contributed by atoms with E-state index < -0.39 is 0 Å². The summed E-state index contributed by atoms with van der Waals surface area (Å²) in [5, 5.41) is 2.22. The molecule has 0 saturated heterocycles. The second-order valence-corrected chi connectivity index (χ2v) is 5.58. The van der Waals surface area contributed by atoms with Crippen molar-refractivity contribution in [3.63, 3.8) is 0 Å². The molecule has 0 amide bonds. The van der Waals surface area contributed by atoms with E-state index in [-0.39, 0.29) is 12.3 Å². The predicted octanol–water partition coefficient (Wildman–Crippen LogP) is 3.04. The highest BCUT2D eigenvalue weighted by Crippen LogP contribution is 2.38. The van der Waals surface area contributed by atoms with Crippen molar-refractivity contribution in [2.45, 2.75) is 6.54 Å². The van der Waals surface area contributed by atoms with Crippen LogP contribution in [0.5, 0.6) is 17.2 Å². The normalized spacial score (nSPS) is 10.5. The molecular formula is C20H20NO4+. The number of nitrogens with zero attached hydrogens (tertiary/aromatic N) is 1. The molecule has 128 valence electrons. The Balaban J connectivity index is 1.91. The van der Waals surface area contributed by atoms with E-state index in [1.54, 1.807) is 12.1 Å². The molecule has 0 spiro atoms. The van der Waals surface area contributed by atoms with Crippen molar-refractivity contribution in [1.82, 2.24) is 0 Å². The Labute approximate surface area is 146 Å². The fraction of sp³-hybridized carbons (Fsp3) is 0.200. The molecule has 5 heteroatoms. The molecule has 25 heavy (non-hydrogen) atoms. The smallest absolute Gasteiger partial charge is 0.227 e. The van der Waals surface area contributed by atoms with E-state index in [4.69, 9.17) is 14.2 Å². The minimum absolute atomic E-state index is 0.0421. The van der Waals surface area contributed by atoms with Crippen molar-refractivity contribution < 1.29 is 23.6 Å². The summed E-state index contributed by atoms with van der Waals surface area (Å²) >= 11 is 0. The van der Waals surface area contributed by atoms with Gasteiger partial charge in [-0.3, -0.25) is 4.79 Å². The van der Waals surface area contributed by atoms with Gasteiger partial charge in [0.1, 0.15) is 0 Å². The maximum absolute atomic E-state index is 12.7. The summed E-state index contributed by atoms with van der Waals surface area (Å²) in [7, 11) is 4.60. The standard InChI is InChI=1S/C20H20NO4/c1-23-18-10-16(11-19(24-2)20(18)25-3)17(22)13-21-9-8-14-6-4-5-7-15(14)12-21/h4-12H,13H2,1-3H3/q+1. The predicted molar refractivity (Wildman–Crippen MR) is 94.6 cm³/mol. The van der Waals surface area contributed by atoms with Crippen LogP contribution in [0.4, 0.5) is 0 Å². The Morgan fingerprint density at radius 3 is 2.16 bits per heavy atom. The molecule has 0 aliphatic rings. The second kappa shape index (κ2) is 7.21. The van der Waals surface area contributed by atoms with E-state index in [1.807, 2.05) is 47.3 Å². The fourth-order valence-electron chi connectivity index (χ4n) is 2.78. The summed E-state index contributed by atoms with van der Waals surface area (Å²) in [4.78, 5) is 12.7. The van der Waals surface area contributed by atoms with E-state index in [0.29, 0.717) is 22.8 Å². The van der Waals surface area contributed by atoms with Gasteiger partial charge in [-0.15, -0.1) is 0 Å². The number of rotatable bonds is 6. The molecule has 1 aromatic heterocycles. The molecule has 0 bridgehead atoms. The molecule has 0 aliphatic carbocycles. The average Bonchev–Trinajstić information content (AvgIpc) is 2.66. The molecule has 0 fully saturated rings. The average molecular weight is 338 g/mol. The third-order valence-corrected chi connectivity index (χ3v) is 4.06. The molecule has 3 aromatic rings. The number of Topliss-reactive ketones (excluding diaryl/α,β-unsaturated/α-hetero) is 1. The van der Waals surface area contributed by atoms with Gasteiger partial charge < -0.3 is 14.2 Å². The zero-order chi connectivity index (χ0) is 17.8. The first-order chi connectivity index (χ1) is 12.2. The van der Waals surface area contributed by atoms with Gasteiger partial charge in [0.2, 0.25) is 18.1 Å². The van der Waals surface area contributed by atoms with E-state index in [2.05, 4.69) is 0 Å². The monoisotopic (exact) mass is 338 g/mol. The Hall–Kier alpha value is -3.08. The number of ether oxygens (including phenoxy) is 3. The van der Waals surface area contributed by atoms with E-state index in [0.717, 1.165) is 10.8 Å². The van der Waals surface area contributed by atoms with Crippen molar-refractivity contribution in [2.24, 2.45) is 0 Å². The number of fused-ring (bicyclic) bond motifs is 1. The van der Waals surface area contributed by atoms with Gasteiger partial charge in [-0.25, -0.2) is 0 Å². The molecule has 1 heterocycles. The highest BCUT2D eigenvalue weighted by molar-refractivity contribution is 5.96. The highest BCUT2D eigenvalue weighted by Gasteiger charge is 2.19. The molecule has 0 unspecified atom stereocenters. The quantitative estimate of drug-likeness (QED) is 0.512. The van der Waals surface area contributed by atoms with Gasteiger partial charge in [-0.05, 0) is 23.6 Å². The number of carbonyl (C=O) groups is 1. The van der Waals surface area contributed by atoms with Crippen LogP contribution in [-0.4, -0.2) is 27.1 Å².